The van der Waals surface area contributed by atoms with Crippen LogP contribution in [0.3, 0.4) is 0 Å². The SMILES string of the molecule is Cc1ccccc1CNCC(c1ccccc1Cl)N(C)C. The fourth-order valence-corrected chi connectivity index (χ4v) is 2.73. The number of benzene rings is 2. The molecule has 1 N–H and O–H groups in total. The van der Waals surface area contributed by atoms with Crippen molar-refractivity contribution in [3.05, 3.63) is 70.2 Å². The highest BCUT2D eigenvalue weighted by Crippen LogP contribution is 2.25. The lowest BCUT2D eigenvalue weighted by Crippen LogP contribution is -2.31. The Morgan fingerprint density at radius 1 is 1.05 bits per heavy atom. The predicted octanol–water partition coefficient (Wildman–Crippen LogP) is 4.04. The molecule has 0 fully saturated rings. The average Bonchev–Trinajstić information content (AvgIpc) is 2.46. The molecule has 1 atom stereocenters. The second kappa shape index (κ2) is 7.60. The van der Waals surface area contributed by atoms with Gasteiger partial charge in [-0.05, 0) is 43.8 Å². The van der Waals surface area contributed by atoms with Gasteiger partial charge in [-0.2, -0.15) is 0 Å². The number of likely N-dealkylation sites (N-methyl/N-ethyl adjacent to an activating group) is 1. The number of hydrogen-bond acceptors (Lipinski definition) is 2. The quantitative estimate of drug-likeness (QED) is 0.866. The van der Waals surface area contributed by atoms with Gasteiger partial charge >= 0.3 is 0 Å². The van der Waals surface area contributed by atoms with Gasteiger partial charge in [-0.15, -0.1) is 0 Å². The van der Waals surface area contributed by atoms with E-state index in [1.165, 1.54) is 16.7 Å². The predicted molar refractivity (Wildman–Crippen MR) is 90.8 cm³/mol. The minimum Gasteiger partial charge on any atom is -0.311 e. The lowest BCUT2D eigenvalue weighted by Gasteiger charge is -2.26. The molecule has 2 aromatic carbocycles. The molecule has 2 nitrogen and oxygen atoms in total. The molecule has 0 aliphatic carbocycles. The van der Waals surface area contributed by atoms with Crippen LogP contribution in [0.4, 0.5) is 0 Å². The average molecular weight is 303 g/mol. The summed E-state index contributed by atoms with van der Waals surface area (Å²) >= 11 is 6.33. The Morgan fingerprint density at radius 2 is 1.71 bits per heavy atom. The Labute approximate surface area is 132 Å². The molecule has 3 heteroatoms. The molecule has 2 aromatic rings. The van der Waals surface area contributed by atoms with Crippen LogP contribution in [0.15, 0.2) is 48.5 Å². The third kappa shape index (κ3) is 4.31. The van der Waals surface area contributed by atoms with Crippen molar-refractivity contribution < 1.29 is 0 Å². The van der Waals surface area contributed by atoms with Crippen LogP contribution in [-0.4, -0.2) is 25.5 Å². The first-order valence-corrected chi connectivity index (χ1v) is 7.63. The fraction of sp³-hybridized carbons (Fsp3) is 0.333. The molecule has 21 heavy (non-hydrogen) atoms. The second-order valence-electron chi connectivity index (χ2n) is 5.56. The van der Waals surface area contributed by atoms with Crippen molar-refractivity contribution in [3.63, 3.8) is 0 Å². The molecule has 0 aliphatic rings. The first kappa shape index (κ1) is 16.0. The van der Waals surface area contributed by atoms with Crippen molar-refractivity contribution in [1.82, 2.24) is 10.2 Å². The number of halogens is 1. The minimum atomic E-state index is 0.266. The second-order valence-corrected chi connectivity index (χ2v) is 5.97. The maximum Gasteiger partial charge on any atom is 0.0481 e. The number of nitrogens with one attached hydrogen (secondary N) is 1. The Balaban J connectivity index is 2.02. The van der Waals surface area contributed by atoms with Crippen LogP contribution >= 0.6 is 11.6 Å². The Morgan fingerprint density at radius 3 is 2.38 bits per heavy atom. The van der Waals surface area contributed by atoms with Gasteiger partial charge < -0.3 is 10.2 Å². The van der Waals surface area contributed by atoms with Gasteiger partial charge in [0.15, 0.2) is 0 Å². The molecule has 0 bridgehead atoms. The van der Waals surface area contributed by atoms with Crippen LogP contribution in [0.25, 0.3) is 0 Å². The number of nitrogens with zero attached hydrogens (tertiary/aromatic N) is 1. The standard InChI is InChI=1S/C18H23ClN2/c1-14-8-4-5-9-15(14)12-20-13-18(21(2)3)16-10-6-7-11-17(16)19/h4-11,18,20H,12-13H2,1-3H3. The van der Waals surface area contributed by atoms with Gasteiger partial charge in [-0.1, -0.05) is 54.1 Å². The van der Waals surface area contributed by atoms with E-state index in [2.05, 4.69) is 61.6 Å². The van der Waals surface area contributed by atoms with Crippen LogP contribution in [0, 0.1) is 6.92 Å². The summed E-state index contributed by atoms with van der Waals surface area (Å²) in [5, 5.41) is 4.38. The highest BCUT2D eigenvalue weighted by molar-refractivity contribution is 6.31. The van der Waals surface area contributed by atoms with Crippen LogP contribution in [0.1, 0.15) is 22.7 Å². The van der Waals surface area contributed by atoms with E-state index in [1.807, 2.05) is 18.2 Å². The van der Waals surface area contributed by atoms with E-state index < -0.39 is 0 Å². The highest BCUT2D eigenvalue weighted by atomic mass is 35.5. The smallest absolute Gasteiger partial charge is 0.0481 e. The normalized spacial score (nSPS) is 12.6. The van der Waals surface area contributed by atoms with E-state index >= 15 is 0 Å². The van der Waals surface area contributed by atoms with Crippen molar-refractivity contribution in [2.24, 2.45) is 0 Å². The fourth-order valence-electron chi connectivity index (χ4n) is 2.47. The zero-order valence-electron chi connectivity index (χ0n) is 12.9. The first-order valence-electron chi connectivity index (χ1n) is 7.25. The summed E-state index contributed by atoms with van der Waals surface area (Å²) in [6, 6.07) is 16.8. The topological polar surface area (TPSA) is 15.3 Å². The molecule has 1 unspecified atom stereocenters. The molecule has 0 amide bonds. The lowest BCUT2D eigenvalue weighted by molar-refractivity contribution is 0.288. The Bertz CT molecular complexity index is 581. The van der Waals surface area contributed by atoms with E-state index in [-0.39, 0.29) is 6.04 Å². The van der Waals surface area contributed by atoms with Gasteiger partial charge in [0.2, 0.25) is 0 Å². The van der Waals surface area contributed by atoms with E-state index in [4.69, 9.17) is 11.6 Å². The lowest BCUT2D eigenvalue weighted by atomic mass is 10.1. The van der Waals surface area contributed by atoms with E-state index in [1.54, 1.807) is 0 Å². The van der Waals surface area contributed by atoms with Gasteiger partial charge in [0.25, 0.3) is 0 Å². The van der Waals surface area contributed by atoms with Crippen molar-refractivity contribution in [2.45, 2.75) is 19.5 Å². The number of hydrogen-bond donors (Lipinski definition) is 1. The summed E-state index contributed by atoms with van der Waals surface area (Å²) in [6.45, 7) is 3.89. The molecule has 112 valence electrons. The highest BCUT2D eigenvalue weighted by Gasteiger charge is 2.16. The molecule has 0 saturated heterocycles. The first-order chi connectivity index (χ1) is 10.1. The summed E-state index contributed by atoms with van der Waals surface area (Å²) in [7, 11) is 4.17. The Kier molecular flexibility index (Phi) is 5.80. The van der Waals surface area contributed by atoms with Crippen LogP contribution in [0.5, 0.6) is 0 Å². The summed E-state index contributed by atoms with van der Waals surface area (Å²) in [6.07, 6.45) is 0. The van der Waals surface area contributed by atoms with Gasteiger partial charge in [0, 0.05) is 24.2 Å². The third-order valence-corrected chi connectivity index (χ3v) is 4.15. The maximum atomic E-state index is 6.33. The van der Waals surface area contributed by atoms with Gasteiger partial charge in [0.05, 0.1) is 0 Å². The van der Waals surface area contributed by atoms with Crippen molar-refractivity contribution in [2.75, 3.05) is 20.6 Å². The molecule has 2 rings (SSSR count). The Hall–Kier alpha value is -1.35. The minimum absolute atomic E-state index is 0.266. The van der Waals surface area contributed by atoms with Gasteiger partial charge in [0.1, 0.15) is 0 Å². The molecule has 0 aliphatic heterocycles. The molecular formula is C18H23ClN2. The molecule has 0 radical (unpaired) electrons. The third-order valence-electron chi connectivity index (χ3n) is 3.80. The van der Waals surface area contributed by atoms with E-state index in [0.717, 1.165) is 18.1 Å². The molecule has 0 saturated carbocycles. The van der Waals surface area contributed by atoms with Crippen LogP contribution in [0.2, 0.25) is 5.02 Å². The van der Waals surface area contributed by atoms with Crippen molar-refractivity contribution in [3.8, 4) is 0 Å². The van der Waals surface area contributed by atoms with Gasteiger partial charge in [-0.3, -0.25) is 0 Å². The summed E-state index contributed by atoms with van der Waals surface area (Å²) in [5.74, 6) is 0. The summed E-state index contributed by atoms with van der Waals surface area (Å²) in [4.78, 5) is 2.20. The summed E-state index contributed by atoms with van der Waals surface area (Å²) in [5.41, 5.74) is 3.83. The number of aryl methyl sites for hydroxylation is 1. The molecule has 0 spiro atoms. The van der Waals surface area contributed by atoms with Crippen LogP contribution < -0.4 is 5.32 Å². The van der Waals surface area contributed by atoms with Crippen molar-refractivity contribution in [1.29, 1.82) is 0 Å². The zero-order chi connectivity index (χ0) is 15.2. The van der Waals surface area contributed by atoms with Crippen molar-refractivity contribution >= 4 is 11.6 Å². The van der Waals surface area contributed by atoms with E-state index in [0.29, 0.717) is 0 Å². The van der Waals surface area contributed by atoms with Crippen LogP contribution in [-0.2, 0) is 6.54 Å². The van der Waals surface area contributed by atoms with E-state index in [9.17, 15) is 0 Å². The summed E-state index contributed by atoms with van der Waals surface area (Å²) < 4.78 is 0. The molecule has 0 heterocycles. The number of rotatable bonds is 6. The molecular weight excluding hydrogens is 280 g/mol. The zero-order valence-corrected chi connectivity index (χ0v) is 13.7. The molecule has 0 aromatic heterocycles. The maximum absolute atomic E-state index is 6.33. The largest absolute Gasteiger partial charge is 0.311 e. The monoisotopic (exact) mass is 302 g/mol. The van der Waals surface area contributed by atoms with Gasteiger partial charge in [-0.25, -0.2) is 0 Å².